The van der Waals surface area contributed by atoms with Crippen LogP contribution in [0.25, 0.3) is 0 Å². The minimum atomic E-state index is -0.0329. The highest BCUT2D eigenvalue weighted by Crippen LogP contribution is 2.30. The van der Waals surface area contributed by atoms with Crippen LogP contribution in [0.1, 0.15) is 11.3 Å². The normalized spacial score (nSPS) is 13.5. The quantitative estimate of drug-likeness (QED) is 0.844. The van der Waals surface area contributed by atoms with Gasteiger partial charge in [-0.1, -0.05) is 30.4 Å². The minimum Gasteiger partial charge on any atom is -0.388 e. The van der Waals surface area contributed by atoms with Gasteiger partial charge in [0, 0.05) is 18.3 Å². The highest BCUT2D eigenvalue weighted by atomic mass is 32.1. The van der Waals surface area contributed by atoms with E-state index in [2.05, 4.69) is 10.3 Å². The number of nitrogens with zero attached hydrogens (tertiary/aromatic N) is 2. The molecule has 0 atom stereocenters. The third kappa shape index (κ3) is 2.71. The molecule has 5 nitrogen and oxygen atoms in total. The van der Waals surface area contributed by atoms with E-state index in [0.717, 1.165) is 16.9 Å². The number of benzene rings is 1. The second kappa shape index (κ2) is 5.49. The lowest BCUT2D eigenvalue weighted by Crippen LogP contribution is -2.38. The van der Waals surface area contributed by atoms with Crippen molar-refractivity contribution in [2.24, 2.45) is 5.73 Å². The van der Waals surface area contributed by atoms with Crippen LogP contribution in [0.3, 0.4) is 0 Å². The molecule has 1 aliphatic heterocycles. The zero-order chi connectivity index (χ0) is 14.8. The molecule has 3 rings (SSSR count). The number of fused-ring (bicyclic) bond motifs is 1. The van der Waals surface area contributed by atoms with Crippen LogP contribution in [0.5, 0.6) is 0 Å². The summed E-state index contributed by atoms with van der Waals surface area (Å²) in [7, 11) is 0. The fourth-order valence-corrected chi connectivity index (χ4v) is 2.62. The molecule has 0 fully saturated rings. The van der Waals surface area contributed by atoms with Crippen LogP contribution in [-0.4, -0.2) is 22.4 Å². The second-order valence-corrected chi connectivity index (χ2v) is 5.24. The maximum Gasteiger partial charge on any atom is 0.243 e. The Morgan fingerprint density at radius 1 is 1.33 bits per heavy atom. The van der Waals surface area contributed by atoms with E-state index in [1.165, 1.54) is 0 Å². The molecule has 0 saturated carbocycles. The largest absolute Gasteiger partial charge is 0.388 e. The summed E-state index contributed by atoms with van der Waals surface area (Å²) in [5, 5.41) is 2.87. The lowest BCUT2D eigenvalue weighted by molar-refractivity contribution is -0.115. The van der Waals surface area contributed by atoms with E-state index in [9.17, 15) is 4.79 Å². The smallest absolute Gasteiger partial charge is 0.243 e. The number of carbonyl (C=O) groups is 1. The van der Waals surface area contributed by atoms with E-state index in [-0.39, 0.29) is 10.9 Å². The van der Waals surface area contributed by atoms with Gasteiger partial charge in [-0.05, 0) is 18.2 Å². The molecule has 1 amide bonds. The number of hydrogen-bond acceptors (Lipinski definition) is 4. The number of anilines is 2. The zero-order valence-corrected chi connectivity index (χ0v) is 12.1. The summed E-state index contributed by atoms with van der Waals surface area (Å²) >= 11 is 5.04. The van der Waals surface area contributed by atoms with Gasteiger partial charge in [0.15, 0.2) is 0 Å². The van der Waals surface area contributed by atoms with E-state index in [0.29, 0.717) is 18.8 Å². The lowest BCUT2D eigenvalue weighted by Gasteiger charge is -2.31. The van der Waals surface area contributed by atoms with Crippen LogP contribution in [0.15, 0.2) is 42.6 Å². The molecule has 1 aromatic heterocycles. The molecule has 0 bridgehead atoms. The molecule has 0 radical (unpaired) electrons. The van der Waals surface area contributed by atoms with E-state index < -0.39 is 0 Å². The number of rotatable bonds is 3. The number of nitrogens with one attached hydrogen (secondary N) is 1. The average Bonchev–Trinajstić information content (AvgIpc) is 2.47. The van der Waals surface area contributed by atoms with Crippen LogP contribution in [0.4, 0.5) is 11.4 Å². The monoisotopic (exact) mass is 298 g/mol. The molecular weight excluding hydrogens is 284 g/mol. The van der Waals surface area contributed by atoms with Gasteiger partial charge in [0.05, 0.1) is 17.9 Å². The number of hydrogen-bond donors (Lipinski definition) is 2. The Kier molecular flexibility index (Phi) is 3.53. The molecule has 21 heavy (non-hydrogen) atoms. The van der Waals surface area contributed by atoms with Crippen molar-refractivity contribution < 1.29 is 4.79 Å². The second-order valence-electron chi connectivity index (χ2n) is 4.80. The van der Waals surface area contributed by atoms with E-state index >= 15 is 0 Å². The van der Waals surface area contributed by atoms with E-state index in [4.69, 9.17) is 18.0 Å². The van der Waals surface area contributed by atoms with Gasteiger partial charge < -0.3 is 16.0 Å². The van der Waals surface area contributed by atoms with Crippen LogP contribution in [-0.2, 0) is 11.3 Å². The number of carbonyl (C=O) groups excluding carboxylic acids is 1. The number of amides is 1. The van der Waals surface area contributed by atoms with Crippen molar-refractivity contribution >= 4 is 34.5 Å². The molecule has 6 heteroatoms. The van der Waals surface area contributed by atoms with Crippen LogP contribution >= 0.6 is 12.2 Å². The van der Waals surface area contributed by atoms with Gasteiger partial charge in [-0.3, -0.25) is 9.78 Å². The number of para-hydroxylation sites is 2. The fourth-order valence-electron chi connectivity index (χ4n) is 2.44. The molecule has 0 aliphatic carbocycles. The molecule has 1 aliphatic rings. The molecule has 0 saturated heterocycles. The van der Waals surface area contributed by atoms with Crippen molar-refractivity contribution in [3.05, 3.63) is 53.9 Å². The summed E-state index contributed by atoms with van der Waals surface area (Å²) in [6.45, 7) is 0.827. The van der Waals surface area contributed by atoms with Gasteiger partial charge in [-0.15, -0.1) is 0 Å². The maximum absolute atomic E-state index is 11.8. The Labute approximate surface area is 127 Å². The highest BCUT2D eigenvalue weighted by Gasteiger charge is 2.22. The third-order valence-corrected chi connectivity index (χ3v) is 3.53. The summed E-state index contributed by atoms with van der Waals surface area (Å²) < 4.78 is 0. The minimum absolute atomic E-state index is 0.0329. The summed E-state index contributed by atoms with van der Waals surface area (Å²) in [5.41, 5.74) is 9.03. The molecule has 3 N–H and O–H groups in total. The number of thiocarbonyl (C=S) groups is 1. The zero-order valence-electron chi connectivity index (χ0n) is 11.2. The third-order valence-electron chi connectivity index (χ3n) is 3.34. The van der Waals surface area contributed by atoms with Crippen LogP contribution in [0, 0.1) is 0 Å². The Bertz CT molecular complexity index is 716. The van der Waals surface area contributed by atoms with Crippen molar-refractivity contribution in [3.8, 4) is 0 Å². The molecule has 2 heterocycles. The predicted molar refractivity (Wildman–Crippen MR) is 86.2 cm³/mol. The molecule has 0 spiro atoms. The summed E-state index contributed by atoms with van der Waals surface area (Å²) in [4.78, 5) is 18.3. The van der Waals surface area contributed by atoms with Crippen LogP contribution in [0.2, 0.25) is 0 Å². The fraction of sp³-hybridized carbons (Fsp3) is 0.133. The molecule has 1 aromatic carbocycles. The number of nitrogens with two attached hydrogens (primary N) is 1. The molecule has 106 valence electrons. The SMILES string of the molecule is NC(=S)c1ncccc1CN1CC(=O)Nc2ccccc21. The topological polar surface area (TPSA) is 71.2 Å². The van der Waals surface area contributed by atoms with E-state index in [1.807, 2.05) is 41.3 Å². The van der Waals surface area contributed by atoms with Crippen molar-refractivity contribution in [1.29, 1.82) is 0 Å². The van der Waals surface area contributed by atoms with Gasteiger partial charge >= 0.3 is 0 Å². The number of pyridine rings is 1. The Morgan fingerprint density at radius 3 is 2.95 bits per heavy atom. The van der Waals surface area contributed by atoms with Gasteiger partial charge in [0.2, 0.25) is 5.91 Å². The Hall–Kier alpha value is -2.47. The van der Waals surface area contributed by atoms with E-state index in [1.54, 1.807) is 6.20 Å². The summed E-state index contributed by atoms with van der Waals surface area (Å²) in [6, 6.07) is 11.5. The first-order valence-corrected chi connectivity index (χ1v) is 6.93. The Morgan fingerprint density at radius 2 is 2.14 bits per heavy atom. The van der Waals surface area contributed by atoms with Gasteiger partial charge in [0.25, 0.3) is 0 Å². The maximum atomic E-state index is 11.8. The standard InChI is InChI=1S/C15H14N4OS/c16-15(21)14-10(4-3-7-17-14)8-19-9-13(20)18-11-5-1-2-6-12(11)19/h1-7H,8-9H2,(H2,16,21)(H,18,20). The van der Waals surface area contributed by atoms with Gasteiger partial charge in [-0.25, -0.2) is 0 Å². The van der Waals surface area contributed by atoms with Crippen molar-refractivity contribution in [1.82, 2.24) is 4.98 Å². The first kappa shape index (κ1) is 13.5. The average molecular weight is 298 g/mol. The highest BCUT2D eigenvalue weighted by molar-refractivity contribution is 7.80. The Balaban J connectivity index is 1.96. The first-order valence-electron chi connectivity index (χ1n) is 6.52. The van der Waals surface area contributed by atoms with Crippen molar-refractivity contribution in [3.63, 3.8) is 0 Å². The molecular formula is C15H14N4OS. The summed E-state index contributed by atoms with van der Waals surface area (Å²) in [6.07, 6.45) is 1.66. The van der Waals surface area contributed by atoms with Gasteiger partial charge in [0.1, 0.15) is 10.7 Å². The lowest BCUT2D eigenvalue weighted by atomic mass is 10.1. The van der Waals surface area contributed by atoms with Crippen molar-refractivity contribution in [2.75, 3.05) is 16.8 Å². The predicted octanol–water partition coefficient (Wildman–Crippen LogP) is 1.67. The van der Waals surface area contributed by atoms with Crippen LogP contribution < -0.4 is 16.0 Å². The molecule has 0 unspecified atom stereocenters. The first-order chi connectivity index (χ1) is 10.1. The van der Waals surface area contributed by atoms with Gasteiger partial charge in [-0.2, -0.15) is 0 Å². The summed E-state index contributed by atoms with van der Waals surface area (Å²) in [5.74, 6) is -0.0329. The number of aromatic nitrogens is 1. The van der Waals surface area contributed by atoms with Crippen molar-refractivity contribution in [2.45, 2.75) is 6.54 Å². The molecule has 2 aromatic rings.